The second-order valence-electron chi connectivity index (χ2n) is 4.67. The summed E-state index contributed by atoms with van der Waals surface area (Å²) in [4.78, 5) is 1.09. The number of hydrogen-bond donors (Lipinski definition) is 0. The molecule has 17 heavy (non-hydrogen) atoms. The molecule has 0 aliphatic rings. The third kappa shape index (κ3) is 4.90. The summed E-state index contributed by atoms with van der Waals surface area (Å²) in [5.74, 6) is 0.604. The van der Waals surface area contributed by atoms with E-state index in [1.165, 1.54) is 0 Å². The standard InChI is InChI=1S/C12H18ClNOS2/c1-12(2,3)17(15)14-10(6-4-8-13)11-7-5-9-16-11/h5,7,9H,4,6,8H2,1-3H3. The third-order valence-corrected chi connectivity index (χ3v) is 4.69. The van der Waals surface area contributed by atoms with E-state index in [1.54, 1.807) is 11.3 Å². The largest absolute Gasteiger partial charge is 0.234 e. The first-order chi connectivity index (χ1) is 7.95. The van der Waals surface area contributed by atoms with Crippen LogP contribution in [0.1, 0.15) is 38.5 Å². The second kappa shape index (κ2) is 6.66. The van der Waals surface area contributed by atoms with Crippen molar-refractivity contribution in [3.05, 3.63) is 22.4 Å². The van der Waals surface area contributed by atoms with E-state index in [9.17, 15) is 4.21 Å². The maximum absolute atomic E-state index is 12.0. The van der Waals surface area contributed by atoms with Gasteiger partial charge in [0, 0.05) is 10.8 Å². The Hall–Kier alpha value is -0.190. The van der Waals surface area contributed by atoms with Crippen molar-refractivity contribution in [3.63, 3.8) is 0 Å². The molecule has 0 aliphatic heterocycles. The monoisotopic (exact) mass is 291 g/mol. The number of halogens is 1. The van der Waals surface area contributed by atoms with Crippen LogP contribution in [0, 0.1) is 0 Å². The van der Waals surface area contributed by atoms with E-state index in [1.807, 2.05) is 38.3 Å². The zero-order valence-electron chi connectivity index (χ0n) is 10.4. The first-order valence-electron chi connectivity index (χ1n) is 5.54. The number of nitrogens with zero attached hydrogens (tertiary/aromatic N) is 1. The smallest absolute Gasteiger partial charge is 0.145 e. The molecule has 96 valence electrons. The predicted octanol–water partition coefficient (Wildman–Crippen LogP) is 4.02. The highest BCUT2D eigenvalue weighted by molar-refractivity contribution is 7.85. The molecule has 0 bridgehead atoms. The van der Waals surface area contributed by atoms with E-state index in [2.05, 4.69) is 4.40 Å². The lowest BCUT2D eigenvalue weighted by atomic mass is 10.2. The van der Waals surface area contributed by atoms with Crippen molar-refractivity contribution in [1.29, 1.82) is 0 Å². The van der Waals surface area contributed by atoms with Gasteiger partial charge in [0.25, 0.3) is 0 Å². The summed E-state index contributed by atoms with van der Waals surface area (Å²) < 4.78 is 16.1. The average molecular weight is 292 g/mol. The van der Waals surface area contributed by atoms with Gasteiger partial charge >= 0.3 is 0 Å². The lowest BCUT2D eigenvalue weighted by Gasteiger charge is -2.14. The zero-order chi connectivity index (χ0) is 12.9. The molecule has 1 rings (SSSR count). The van der Waals surface area contributed by atoms with E-state index in [0.717, 1.165) is 23.4 Å². The Morgan fingerprint density at radius 2 is 2.24 bits per heavy atom. The SMILES string of the molecule is CC(C)(C)S(=O)N=C(CCCCl)c1cccs1. The molecular formula is C12H18ClNOS2. The highest BCUT2D eigenvalue weighted by Crippen LogP contribution is 2.18. The van der Waals surface area contributed by atoms with E-state index in [4.69, 9.17) is 11.6 Å². The summed E-state index contributed by atoms with van der Waals surface area (Å²) >= 11 is 7.33. The summed E-state index contributed by atoms with van der Waals surface area (Å²) in [6.07, 6.45) is 1.64. The first kappa shape index (κ1) is 14.9. The van der Waals surface area contributed by atoms with Crippen LogP contribution in [0.3, 0.4) is 0 Å². The Bertz CT molecular complexity index is 393. The van der Waals surface area contributed by atoms with Crippen molar-refractivity contribution in [2.75, 3.05) is 5.88 Å². The number of alkyl halides is 1. The van der Waals surface area contributed by atoms with Gasteiger partial charge in [-0.15, -0.1) is 22.9 Å². The van der Waals surface area contributed by atoms with Gasteiger partial charge in [-0.05, 0) is 45.1 Å². The van der Waals surface area contributed by atoms with E-state index >= 15 is 0 Å². The molecule has 0 fully saturated rings. The molecule has 1 unspecified atom stereocenters. The lowest BCUT2D eigenvalue weighted by molar-refractivity contribution is 0.650. The Morgan fingerprint density at radius 1 is 1.53 bits per heavy atom. The fraction of sp³-hybridized carbons (Fsp3) is 0.583. The highest BCUT2D eigenvalue weighted by Gasteiger charge is 2.20. The van der Waals surface area contributed by atoms with Gasteiger partial charge in [-0.1, -0.05) is 6.07 Å². The maximum Gasteiger partial charge on any atom is 0.145 e. The predicted molar refractivity (Wildman–Crippen MR) is 78.7 cm³/mol. The van der Waals surface area contributed by atoms with E-state index in [-0.39, 0.29) is 4.75 Å². The molecule has 1 aromatic heterocycles. The molecule has 0 amide bonds. The zero-order valence-corrected chi connectivity index (χ0v) is 12.8. The van der Waals surface area contributed by atoms with Crippen molar-refractivity contribution in [2.45, 2.75) is 38.4 Å². The fourth-order valence-electron chi connectivity index (χ4n) is 1.13. The van der Waals surface area contributed by atoms with Crippen LogP contribution in [-0.4, -0.2) is 20.5 Å². The van der Waals surface area contributed by atoms with Crippen LogP contribution in [0.4, 0.5) is 0 Å². The molecule has 0 radical (unpaired) electrons. The average Bonchev–Trinajstić information content (AvgIpc) is 2.75. The molecule has 0 spiro atoms. The first-order valence-corrected chi connectivity index (χ1v) is 8.06. The van der Waals surface area contributed by atoms with E-state index < -0.39 is 11.0 Å². The fourth-order valence-corrected chi connectivity index (χ4v) is 2.73. The molecule has 1 heterocycles. The summed E-state index contributed by atoms with van der Waals surface area (Å²) in [6.45, 7) is 5.79. The molecule has 1 aromatic rings. The van der Waals surface area contributed by atoms with Crippen LogP contribution in [-0.2, 0) is 11.0 Å². The van der Waals surface area contributed by atoms with Crippen LogP contribution in [0.2, 0.25) is 0 Å². The molecule has 0 saturated carbocycles. The lowest BCUT2D eigenvalue weighted by Crippen LogP contribution is -2.21. The van der Waals surface area contributed by atoms with Gasteiger partial charge in [-0.2, -0.15) is 4.40 Å². The second-order valence-corrected chi connectivity index (χ2v) is 7.90. The molecule has 0 N–H and O–H groups in total. The number of rotatable bonds is 5. The topological polar surface area (TPSA) is 29.4 Å². The molecular weight excluding hydrogens is 274 g/mol. The molecule has 2 nitrogen and oxygen atoms in total. The minimum Gasteiger partial charge on any atom is -0.234 e. The van der Waals surface area contributed by atoms with Gasteiger partial charge in [0.05, 0.1) is 10.5 Å². The molecule has 1 atom stereocenters. The van der Waals surface area contributed by atoms with Crippen LogP contribution >= 0.6 is 22.9 Å². The van der Waals surface area contributed by atoms with Crippen LogP contribution in [0.25, 0.3) is 0 Å². The highest BCUT2D eigenvalue weighted by atomic mass is 35.5. The summed E-state index contributed by atoms with van der Waals surface area (Å²) in [5.41, 5.74) is 0.911. The van der Waals surface area contributed by atoms with Gasteiger partial charge in [-0.25, -0.2) is 4.21 Å². The quantitative estimate of drug-likeness (QED) is 0.595. The molecule has 0 saturated heterocycles. The van der Waals surface area contributed by atoms with Gasteiger partial charge in [0.2, 0.25) is 0 Å². The van der Waals surface area contributed by atoms with Crippen molar-refractivity contribution in [1.82, 2.24) is 0 Å². The minimum atomic E-state index is -1.20. The maximum atomic E-state index is 12.0. The Morgan fingerprint density at radius 3 is 2.71 bits per heavy atom. The van der Waals surface area contributed by atoms with Crippen LogP contribution in [0.5, 0.6) is 0 Å². The van der Waals surface area contributed by atoms with Crippen LogP contribution < -0.4 is 0 Å². The summed E-state index contributed by atoms with van der Waals surface area (Å²) in [7, 11) is -1.20. The molecule has 5 heteroatoms. The van der Waals surface area contributed by atoms with Gasteiger partial charge < -0.3 is 0 Å². The molecule has 0 aliphatic carbocycles. The van der Waals surface area contributed by atoms with Crippen molar-refractivity contribution >= 4 is 39.6 Å². The van der Waals surface area contributed by atoms with Crippen molar-refractivity contribution in [2.24, 2.45) is 4.40 Å². The Labute approximate surface area is 115 Å². The van der Waals surface area contributed by atoms with Crippen LogP contribution in [0.15, 0.2) is 21.9 Å². The van der Waals surface area contributed by atoms with Gasteiger partial charge in [0.1, 0.15) is 11.0 Å². The summed E-state index contributed by atoms with van der Waals surface area (Å²) in [6, 6.07) is 3.99. The number of thiophene rings is 1. The van der Waals surface area contributed by atoms with Gasteiger partial charge in [-0.3, -0.25) is 0 Å². The normalized spacial score (nSPS) is 14.9. The molecule has 0 aromatic carbocycles. The van der Waals surface area contributed by atoms with Gasteiger partial charge in [0.15, 0.2) is 0 Å². The Kier molecular flexibility index (Phi) is 5.83. The minimum absolute atomic E-state index is 0.316. The number of hydrogen-bond acceptors (Lipinski definition) is 2. The van der Waals surface area contributed by atoms with Crippen molar-refractivity contribution in [3.8, 4) is 0 Å². The Balaban J connectivity index is 2.91. The third-order valence-electron chi connectivity index (χ3n) is 2.07. The summed E-state index contributed by atoms with van der Waals surface area (Å²) in [5, 5.41) is 2.01. The van der Waals surface area contributed by atoms with E-state index in [0.29, 0.717) is 5.88 Å². The van der Waals surface area contributed by atoms with Crippen molar-refractivity contribution < 1.29 is 4.21 Å².